The standard InChI is InChI=1S/C14H20N2O4S/c1-3-9-15-21(19,20)16-11(2)13-6-4-5-12(10-13)7-8-14(17)18/h4-8,10-11,15-16H,3,9H2,1-2H3,(H,17,18)/b8-7+. The Balaban J connectivity index is 2.81. The van der Waals surface area contributed by atoms with Crippen molar-refractivity contribution in [1.29, 1.82) is 0 Å². The minimum atomic E-state index is -3.54. The molecule has 1 unspecified atom stereocenters. The number of hydrogen-bond acceptors (Lipinski definition) is 3. The summed E-state index contributed by atoms with van der Waals surface area (Å²) in [5, 5.41) is 8.60. The molecule has 3 N–H and O–H groups in total. The first-order valence-corrected chi connectivity index (χ1v) is 8.10. The molecule has 0 amide bonds. The van der Waals surface area contributed by atoms with E-state index in [-0.39, 0.29) is 0 Å². The molecule has 116 valence electrons. The van der Waals surface area contributed by atoms with Gasteiger partial charge in [0.2, 0.25) is 0 Å². The Morgan fingerprint density at radius 2 is 2.14 bits per heavy atom. The topological polar surface area (TPSA) is 95.5 Å². The molecule has 0 bridgehead atoms. The molecular formula is C14H20N2O4S. The van der Waals surface area contributed by atoms with Gasteiger partial charge in [0, 0.05) is 18.7 Å². The van der Waals surface area contributed by atoms with Gasteiger partial charge >= 0.3 is 5.97 Å². The summed E-state index contributed by atoms with van der Waals surface area (Å²) < 4.78 is 28.5. The predicted molar refractivity (Wildman–Crippen MR) is 81.9 cm³/mol. The van der Waals surface area contributed by atoms with Crippen molar-refractivity contribution in [3.05, 3.63) is 41.5 Å². The Morgan fingerprint density at radius 3 is 2.76 bits per heavy atom. The summed E-state index contributed by atoms with van der Waals surface area (Å²) >= 11 is 0. The zero-order valence-corrected chi connectivity index (χ0v) is 12.9. The molecule has 0 radical (unpaired) electrons. The van der Waals surface area contributed by atoms with Crippen LogP contribution in [0.3, 0.4) is 0 Å². The van der Waals surface area contributed by atoms with Crippen molar-refractivity contribution in [3.63, 3.8) is 0 Å². The van der Waals surface area contributed by atoms with E-state index in [1.165, 1.54) is 6.08 Å². The second kappa shape index (κ2) is 7.92. The fourth-order valence-electron chi connectivity index (χ4n) is 1.68. The average Bonchev–Trinajstić information content (AvgIpc) is 2.43. The summed E-state index contributed by atoms with van der Waals surface area (Å²) in [4.78, 5) is 10.5. The van der Waals surface area contributed by atoms with Gasteiger partial charge in [-0.2, -0.15) is 13.1 Å². The van der Waals surface area contributed by atoms with E-state index in [1.807, 2.05) is 6.92 Å². The Labute approximate surface area is 125 Å². The van der Waals surface area contributed by atoms with Crippen LogP contribution >= 0.6 is 0 Å². The number of carbonyl (C=O) groups is 1. The molecule has 0 aliphatic heterocycles. The molecule has 1 rings (SSSR count). The third-order valence-corrected chi connectivity index (χ3v) is 3.95. The molecule has 1 aromatic carbocycles. The van der Waals surface area contributed by atoms with Crippen molar-refractivity contribution < 1.29 is 18.3 Å². The molecule has 0 saturated carbocycles. The van der Waals surface area contributed by atoms with Crippen LogP contribution in [0.1, 0.15) is 37.4 Å². The quantitative estimate of drug-likeness (QED) is 0.636. The van der Waals surface area contributed by atoms with Crippen molar-refractivity contribution in [2.45, 2.75) is 26.3 Å². The van der Waals surface area contributed by atoms with E-state index < -0.39 is 22.2 Å². The van der Waals surface area contributed by atoms with Gasteiger partial charge in [0.25, 0.3) is 10.2 Å². The summed E-state index contributed by atoms with van der Waals surface area (Å²) in [6.07, 6.45) is 3.21. The molecule has 1 aromatic rings. The van der Waals surface area contributed by atoms with Gasteiger partial charge in [-0.3, -0.25) is 0 Å². The molecule has 0 aromatic heterocycles. The third kappa shape index (κ3) is 6.52. The van der Waals surface area contributed by atoms with Crippen molar-refractivity contribution in [2.75, 3.05) is 6.54 Å². The molecule has 0 fully saturated rings. The van der Waals surface area contributed by atoms with Gasteiger partial charge in [-0.25, -0.2) is 9.52 Å². The number of rotatable bonds is 8. The first-order valence-electron chi connectivity index (χ1n) is 6.62. The zero-order valence-electron chi connectivity index (χ0n) is 12.0. The first kappa shape index (κ1) is 17.4. The molecule has 0 aliphatic rings. The Morgan fingerprint density at radius 1 is 1.43 bits per heavy atom. The monoisotopic (exact) mass is 312 g/mol. The number of hydrogen-bond donors (Lipinski definition) is 3. The molecule has 0 aliphatic carbocycles. The van der Waals surface area contributed by atoms with Crippen LogP contribution in [0.15, 0.2) is 30.3 Å². The van der Waals surface area contributed by atoms with Crippen LogP contribution in [0.4, 0.5) is 0 Å². The van der Waals surface area contributed by atoms with Crippen molar-refractivity contribution in [2.24, 2.45) is 0 Å². The van der Waals surface area contributed by atoms with Crippen LogP contribution in [0.2, 0.25) is 0 Å². The smallest absolute Gasteiger partial charge is 0.328 e. The highest BCUT2D eigenvalue weighted by Gasteiger charge is 2.14. The van der Waals surface area contributed by atoms with Gasteiger partial charge in [-0.05, 0) is 30.5 Å². The number of carboxylic acids is 1. The summed E-state index contributed by atoms with van der Waals surface area (Å²) in [5.41, 5.74) is 1.45. The summed E-state index contributed by atoms with van der Waals surface area (Å²) in [7, 11) is -3.54. The molecule has 0 saturated heterocycles. The minimum absolute atomic E-state index is 0.378. The molecule has 7 heteroatoms. The maximum Gasteiger partial charge on any atom is 0.328 e. The van der Waals surface area contributed by atoms with Crippen molar-refractivity contribution in [1.82, 2.24) is 9.44 Å². The minimum Gasteiger partial charge on any atom is -0.478 e. The maximum absolute atomic E-state index is 11.8. The van der Waals surface area contributed by atoms with Crippen LogP contribution in [0.25, 0.3) is 6.08 Å². The maximum atomic E-state index is 11.8. The highest BCUT2D eigenvalue weighted by Crippen LogP contribution is 2.15. The van der Waals surface area contributed by atoms with Gasteiger partial charge in [-0.1, -0.05) is 31.2 Å². The molecule has 1 atom stereocenters. The van der Waals surface area contributed by atoms with E-state index in [1.54, 1.807) is 31.2 Å². The van der Waals surface area contributed by atoms with Crippen LogP contribution in [0.5, 0.6) is 0 Å². The number of benzene rings is 1. The fourth-order valence-corrected chi connectivity index (χ4v) is 2.84. The predicted octanol–water partition coefficient (Wildman–Crippen LogP) is 1.68. The first-order chi connectivity index (χ1) is 9.84. The third-order valence-electron chi connectivity index (χ3n) is 2.70. The van der Waals surface area contributed by atoms with Gasteiger partial charge in [0.05, 0.1) is 0 Å². The van der Waals surface area contributed by atoms with Crippen molar-refractivity contribution in [3.8, 4) is 0 Å². The van der Waals surface area contributed by atoms with Crippen LogP contribution < -0.4 is 9.44 Å². The Bertz CT molecular complexity index is 611. The Hall–Kier alpha value is -1.70. The highest BCUT2D eigenvalue weighted by atomic mass is 32.2. The number of aliphatic carboxylic acids is 1. The lowest BCUT2D eigenvalue weighted by Gasteiger charge is -2.15. The van der Waals surface area contributed by atoms with Crippen LogP contribution in [-0.4, -0.2) is 26.0 Å². The van der Waals surface area contributed by atoms with Gasteiger partial charge < -0.3 is 5.11 Å². The lowest BCUT2D eigenvalue weighted by molar-refractivity contribution is -0.131. The van der Waals surface area contributed by atoms with E-state index in [0.29, 0.717) is 18.5 Å². The van der Waals surface area contributed by atoms with Gasteiger partial charge in [0.1, 0.15) is 0 Å². The SMILES string of the molecule is CCCNS(=O)(=O)NC(C)c1cccc(/C=C/C(=O)O)c1. The molecule has 0 heterocycles. The normalized spacial score (nSPS) is 13.4. The van der Waals surface area contributed by atoms with E-state index in [4.69, 9.17) is 5.11 Å². The summed E-state index contributed by atoms with van der Waals surface area (Å²) in [5.74, 6) is -1.03. The number of carboxylic acid groups (broad SMARTS) is 1. The average molecular weight is 312 g/mol. The molecule has 0 spiro atoms. The van der Waals surface area contributed by atoms with Crippen LogP contribution in [0, 0.1) is 0 Å². The summed E-state index contributed by atoms with van der Waals surface area (Å²) in [6, 6.07) is 6.61. The molecule has 21 heavy (non-hydrogen) atoms. The van der Waals surface area contributed by atoms with Crippen LogP contribution in [-0.2, 0) is 15.0 Å². The lowest BCUT2D eigenvalue weighted by atomic mass is 10.1. The lowest BCUT2D eigenvalue weighted by Crippen LogP contribution is -2.38. The van der Waals surface area contributed by atoms with E-state index >= 15 is 0 Å². The number of nitrogens with one attached hydrogen (secondary N) is 2. The van der Waals surface area contributed by atoms with E-state index in [9.17, 15) is 13.2 Å². The zero-order chi connectivity index (χ0) is 15.9. The van der Waals surface area contributed by atoms with E-state index in [2.05, 4.69) is 9.44 Å². The molecular weight excluding hydrogens is 292 g/mol. The second-order valence-corrected chi connectivity index (χ2v) is 6.11. The fraction of sp³-hybridized carbons (Fsp3) is 0.357. The van der Waals surface area contributed by atoms with Gasteiger partial charge in [0.15, 0.2) is 0 Å². The largest absolute Gasteiger partial charge is 0.478 e. The van der Waals surface area contributed by atoms with E-state index in [0.717, 1.165) is 11.6 Å². The Kier molecular flexibility index (Phi) is 6.54. The van der Waals surface area contributed by atoms with Gasteiger partial charge in [-0.15, -0.1) is 0 Å². The van der Waals surface area contributed by atoms with Crippen molar-refractivity contribution >= 4 is 22.3 Å². The second-order valence-electron chi connectivity index (χ2n) is 4.58. The molecule has 6 nitrogen and oxygen atoms in total. The summed E-state index contributed by atoms with van der Waals surface area (Å²) in [6.45, 7) is 3.98. The highest BCUT2D eigenvalue weighted by molar-refractivity contribution is 7.87.